The van der Waals surface area contributed by atoms with Crippen molar-refractivity contribution in [3.05, 3.63) is 46.4 Å². The first-order valence-electron chi connectivity index (χ1n) is 5.57. The number of ether oxygens (including phenoxy) is 2. The standard InChI is InChI=1S/C14H13O2Si/c1-15-10-4-3-9-5-14-13(12(9)6-10)7-11(16-2)8-17-14/h3-4,6-8H,5H2,1-2H3. The summed E-state index contributed by atoms with van der Waals surface area (Å²) in [6, 6.07) is 6.32. The summed E-state index contributed by atoms with van der Waals surface area (Å²) in [6.07, 6.45) is 3.20. The molecule has 1 aromatic rings. The first-order chi connectivity index (χ1) is 8.31. The van der Waals surface area contributed by atoms with Crippen molar-refractivity contribution < 1.29 is 9.47 Å². The maximum Gasteiger partial charge on any atom is 0.119 e. The number of hydrogen-bond acceptors (Lipinski definition) is 2. The molecule has 1 aliphatic heterocycles. The van der Waals surface area contributed by atoms with E-state index in [4.69, 9.17) is 9.47 Å². The van der Waals surface area contributed by atoms with Crippen LogP contribution in [0.15, 0.2) is 35.2 Å². The number of allylic oxidation sites excluding steroid dienone is 4. The third-order valence-electron chi connectivity index (χ3n) is 3.21. The highest BCUT2D eigenvalue weighted by Gasteiger charge is 2.21. The Hall–Kier alpha value is -1.61. The average molecular weight is 241 g/mol. The Labute approximate surface area is 103 Å². The normalized spacial score (nSPS) is 16.5. The lowest BCUT2D eigenvalue weighted by Gasteiger charge is -2.09. The fourth-order valence-corrected chi connectivity index (χ4v) is 3.46. The van der Waals surface area contributed by atoms with Gasteiger partial charge >= 0.3 is 0 Å². The molecular weight excluding hydrogens is 228 g/mol. The molecule has 0 saturated carbocycles. The van der Waals surface area contributed by atoms with Gasteiger partial charge in [-0.3, -0.25) is 0 Å². The van der Waals surface area contributed by atoms with Gasteiger partial charge in [0, 0.05) is 0 Å². The van der Waals surface area contributed by atoms with Crippen molar-refractivity contribution >= 4 is 20.4 Å². The summed E-state index contributed by atoms with van der Waals surface area (Å²) in [5.74, 6) is 1.89. The zero-order valence-electron chi connectivity index (χ0n) is 9.91. The van der Waals surface area contributed by atoms with Gasteiger partial charge in [0.1, 0.15) is 11.5 Å². The Morgan fingerprint density at radius 3 is 2.82 bits per heavy atom. The fourth-order valence-electron chi connectivity index (χ4n) is 2.29. The van der Waals surface area contributed by atoms with Crippen molar-refractivity contribution in [3.63, 3.8) is 0 Å². The molecule has 1 heterocycles. The van der Waals surface area contributed by atoms with Crippen LogP contribution >= 0.6 is 0 Å². The van der Waals surface area contributed by atoms with Gasteiger partial charge in [0.25, 0.3) is 0 Å². The molecule has 3 rings (SSSR count). The predicted octanol–water partition coefficient (Wildman–Crippen LogP) is 2.01. The van der Waals surface area contributed by atoms with Gasteiger partial charge in [-0.1, -0.05) is 11.3 Å². The third kappa shape index (κ3) is 1.67. The van der Waals surface area contributed by atoms with E-state index in [1.807, 2.05) is 6.07 Å². The van der Waals surface area contributed by atoms with Crippen LogP contribution in [-0.4, -0.2) is 29.0 Å². The zero-order chi connectivity index (χ0) is 11.8. The monoisotopic (exact) mass is 241 g/mol. The Morgan fingerprint density at radius 1 is 1.18 bits per heavy atom. The molecule has 1 aliphatic carbocycles. The molecule has 0 fully saturated rings. The van der Waals surface area contributed by atoms with Crippen LogP contribution in [-0.2, 0) is 11.2 Å². The average Bonchev–Trinajstić information content (AvgIpc) is 2.75. The van der Waals surface area contributed by atoms with E-state index in [2.05, 4.69) is 23.9 Å². The number of benzene rings is 1. The van der Waals surface area contributed by atoms with Crippen molar-refractivity contribution in [3.8, 4) is 5.75 Å². The quantitative estimate of drug-likeness (QED) is 0.737. The van der Waals surface area contributed by atoms with Gasteiger partial charge < -0.3 is 9.47 Å². The van der Waals surface area contributed by atoms with Crippen molar-refractivity contribution in [2.75, 3.05) is 14.2 Å². The molecule has 0 N–H and O–H groups in total. The molecule has 0 bridgehead atoms. The lowest BCUT2D eigenvalue weighted by molar-refractivity contribution is 0.318. The van der Waals surface area contributed by atoms with Crippen LogP contribution in [0.4, 0.5) is 0 Å². The molecule has 2 nitrogen and oxygen atoms in total. The summed E-state index contributed by atoms with van der Waals surface area (Å²) in [5.41, 5.74) is 6.19. The minimum Gasteiger partial charge on any atom is -0.497 e. The van der Waals surface area contributed by atoms with Crippen molar-refractivity contribution in [1.29, 1.82) is 0 Å². The van der Waals surface area contributed by atoms with E-state index in [1.54, 1.807) is 14.2 Å². The molecule has 0 atom stereocenters. The number of rotatable bonds is 2. The molecule has 0 aromatic heterocycles. The van der Waals surface area contributed by atoms with Crippen LogP contribution in [0.25, 0.3) is 5.57 Å². The molecule has 0 amide bonds. The summed E-state index contributed by atoms with van der Waals surface area (Å²) in [6.45, 7) is 0. The third-order valence-corrected chi connectivity index (χ3v) is 4.43. The molecule has 0 saturated heterocycles. The van der Waals surface area contributed by atoms with Gasteiger partial charge in [0.2, 0.25) is 0 Å². The second-order valence-electron chi connectivity index (χ2n) is 4.13. The topological polar surface area (TPSA) is 18.5 Å². The SMILES string of the molecule is COC1=CC2=C(Cc3ccc(OC)cc32)[Si]=C1. The molecule has 85 valence electrons. The van der Waals surface area contributed by atoms with Crippen LogP contribution in [0.5, 0.6) is 5.75 Å². The van der Waals surface area contributed by atoms with E-state index in [0.29, 0.717) is 0 Å². The van der Waals surface area contributed by atoms with Crippen molar-refractivity contribution in [2.24, 2.45) is 0 Å². The molecular formula is C14H13O2Si. The summed E-state index contributed by atoms with van der Waals surface area (Å²) in [4.78, 5) is 0. The molecule has 2 aliphatic rings. The van der Waals surface area contributed by atoms with Crippen LogP contribution < -0.4 is 4.74 Å². The summed E-state index contributed by atoms with van der Waals surface area (Å²) >= 11 is 0. The van der Waals surface area contributed by atoms with E-state index >= 15 is 0 Å². The van der Waals surface area contributed by atoms with Crippen LogP contribution in [0.3, 0.4) is 0 Å². The Kier molecular flexibility index (Phi) is 2.48. The van der Waals surface area contributed by atoms with E-state index in [-0.39, 0.29) is 0 Å². The molecule has 1 aromatic carbocycles. The maximum absolute atomic E-state index is 5.32. The molecule has 1 radical (unpaired) electrons. The first-order valence-corrected chi connectivity index (χ1v) is 6.65. The van der Waals surface area contributed by atoms with Gasteiger partial charge in [-0.05, 0) is 47.0 Å². The predicted molar refractivity (Wildman–Crippen MR) is 70.5 cm³/mol. The van der Waals surface area contributed by atoms with Crippen LogP contribution in [0.2, 0.25) is 0 Å². The Balaban J connectivity index is 2.11. The van der Waals surface area contributed by atoms with E-state index in [9.17, 15) is 0 Å². The molecule has 0 spiro atoms. The number of fused-ring (bicyclic) bond motifs is 2. The minimum absolute atomic E-state index is 0.737. The smallest absolute Gasteiger partial charge is 0.119 e. The van der Waals surface area contributed by atoms with Crippen LogP contribution in [0.1, 0.15) is 11.1 Å². The van der Waals surface area contributed by atoms with E-state index in [1.165, 1.54) is 21.9 Å². The first kappa shape index (κ1) is 10.5. The second kappa shape index (κ2) is 4.00. The highest BCUT2D eigenvalue weighted by molar-refractivity contribution is 6.59. The van der Waals surface area contributed by atoms with Gasteiger partial charge in [-0.2, -0.15) is 0 Å². The summed E-state index contributed by atoms with van der Waals surface area (Å²) < 4.78 is 10.6. The minimum atomic E-state index is 0.737. The van der Waals surface area contributed by atoms with Gasteiger partial charge in [0.15, 0.2) is 0 Å². The highest BCUT2D eigenvalue weighted by Crippen LogP contribution is 2.36. The second-order valence-corrected chi connectivity index (χ2v) is 5.31. The van der Waals surface area contributed by atoms with E-state index < -0.39 is 0 Å². The summed E-state index contributed by atoms with van der Waals surface area (Å²) in [7, 11) is 4.17. The lowest BCUT2D eigenvalue weighted by Crippen LogP contribution is -2.02. The fraction of sp³-hybridized carbons (Fsp3) is 0.214. The zero-order valence-corrected chi connectivity index (χ0v) is 10.9. The van der Waals surface area contributed by atoms with Crippen molar-refractivity contribution in [2.45, 2.75) is 6.42 Å². The maximum atomic E-state index is 5.32. The molecule has 0 unspecified atom stereocenters. The largest absolute Gasteiger partial charge is 0.497 e. The lowest BCUT2D eigenvalue weighted by atomic mass is 10.0. The Bertz CT molecular complexity index is 568. The van der Waals surface area contributed by atoms with Gasteiger partial charge in [-0.25, -0.2) is 0 Å². The number of hydrogen-bond donors (Lipinski definition) is 0. The summed E-state index contributed by atoms with van der Waals surface area (Å²) in [5, 5.41) is 1.51. The van der Waals surface area contributed by atoms with E-state index in [0.717, 1.165) is 27.1 Å². The van der Waals surface area contributed by atoms with Crippen LogP contribution in [0, 0.1) is 0 Å². The van der Waals surface area contributed by atoms with Gasteiger partial charge in [-0.15, -0.1) is 0 Å². The molecule has 3 heteroatoms. The highest BCUT2D eigenvalue weighted by atomic mass is 28.2. The van der Waals surface area contributed by atoms with Gasteiger partial charge in [0.05, 0.1) is 23.4 Å². The molecule has 17 heavy (non-hydrogen) atoms. The number of methoxy groups -OCH3 is 2. The van der Waals surface area contributed by atoms with Crippen molar-refractivity contribution in [1.82, 2.24) is 0 Å². The Morgan fingerprint density at radius 2 is 2.06 bits per heavy atom.